The van der Waals surface area contributed by atoms with E-state index in [1.807, 2.05) is 48.5 Å². The average molecular weight is 556 g/mol. The van der Waals surface area contributed by atoms with Crippen LogP contribution in [0.1, 0.15) is 43.0 Å². The molecule has 0 aromatic heterocycles. The van der Waals surface area contributed by atoms with Gasteiger partial charge in [-0.3, -0.25) is 9.59 Å². The summed E-state index contributed by atoms with van der Waals surface area (Å²) in [6, 6.07) is 50.4. The normalized spacial score (nSPS) is 13.1. The molecule has 1 aliphatic heterocycles. The fraction of sp³-hybridized carbons (Fsp3) is 0.0500. The fourth-order valence-electron chi connectivity index (χ4n) is 6.57. The number of anilines is 2. The SMILES string of the molecule is CN1c2ccc(-c3ccc(C=O)cc3)cc2C(c2ccccc2)(c2ccccc2)c2cc(-c3ccc(C=O)cc3)ccc21. The van der Waals surface area contributed by atoms with Gasteiger partial charge in [0.1, 0.15) is 12.6 Å². The predicted octanol–water partition coefficient (Wildman–Crippen LogP) is 9.11. The largest absolute Gasteiger partial charge is 0.344 e. The average Bonchev–Trinajstić information content (AvgIpc) is 3.09. The van der Waals surface area contributed by atoms with Crippen molar-refractivity contribution in [3.8, 4) is 22.3 Å². The molecule has 0 N–H and O–H groups in total. The standard InChI is InChI=1S/C40H29NO2/c1-41-38-22-20-32(30-16-12-28(26-42)13-17-30)24-36(38)40(34-8-4-2-5-9-34,35-10-6-3-7-11-35)37-25-33(21-23-39(37)41)31-18-14-29(27-43)15-19-31/h2-27H,1H3. The summed E-state index contributed by atoms with van der Waals surface area (Å²) < 4.78 is 0. The topological polar surface area (TPSA) is 37.4 Å². The van der Waals surface area contributed by atoms with E-state index in [9.17, 15) is 9.59 Å². The maximum absolute atomic E-state index is 11.3. The van der Waals surface area contributed by atoms with Gasteiger partial charge in [-0.15, -0.1) is 0 Å². The lowest BCUT2D eigenvalue weighted by Crippen LogP contribution is -2.38. The van der Waals surface area contributed by atoms with Crippen LogP contribution < -0.4 is 4.90 Å². The van der Waals surface area contributed by atoms with Crippen LogP contribution >= 0.6 is 0 Å². The second kappa shape index (κ2) is 10.7. The molecule has 0 unspecified atom stereocenters. The van der Waals surface area contributed by atoms with Gasteiger partial charge in [0.15, 0.2) is 0 Å². The molecule has 7 rings (SSSR count). The van der Waals surface area contributed by atoms with Crippen LogP contribution in [0.5, 0.6) is 0 Å². The Morgan fingerprint density at radius 2 is 0.837 bits per heavy atom. The van der Waals surface area contributed by atoms with Crippen molar-refractivity contribution in [1.82, 2.24) is 0 Å². The summed E-state index contributed by atoms with van der Waals surface area (Å²) in [5.74, 6) is 0. The molecule has 3 nitrogen and oxygen atoms in total. The summed E-state index contributed by atoms with van der Waals surface area (Å²) >= 11 is 0. The molecule has 0 saturated heterocycles. The molecule has 206 valence electrons. The molecule has 0 spiro atoms. The molecule has 0 saturated carbocycles. The molecule has 6 aromatic carbocycles. The quantitative estimate of drug-likeness (QED) is 0.192. The highest BCUT2D eigenvalue weighted by atomic mass is 16.1. The Morgan fingerprint density at radius 1 is 0.465 bits per heavy atom. The number of carbonyl (C=O) groups is 2. The van der Waals surface area contributed by atoms with Crippen LogP contribution in [0.15, 0.2) is 146 Å². The van der Waals surface area contributed by atoms with Crippen molar-refractivity contribution < 1.29 is 9.59 Å². The molecule has 6 aromatic rings. The van der Waals surface area contributed by atoms with E-state index in [-0.39, 0.29) is 0 Å². The first kappa shape index (κ1) is 26.4. The van der Waals surface area contributed by atoms with Crippen LogP contribution in [0.25, 0.3) is 22.3 Å². The number of benzene rings is 6. The highest BCUT2D eigenvalue weighted by Crippen LogP contribution is 2.56. The summed E-state index contributed by atoms with van der Waals surface area (Å²) in [5.41, 5.74) is 12.0. The summed E-state index contributed by atoms with van der Waals surface area (Å²) in [6.45, 7) is 0. The molecule has 0 bridgehead atoms. The van der Waals surface area contributed by atoms with Gasteiger partial charge in [-0.1, -0.05) is 121 Å². The predicted molar refractivity (Wildman–Crippen MR) is 174 cm³/mol. The smallest absolute Gasteiger partial charge is 0.150 e. The summed E-state index contributed by atoms with van der Waals surface area (Å²) in [4.78, 5) is 25.0. The Hall–Kier alpha value is -5.54. The highest BCUT2D eigenvalue weighted by Gasteiger charge is 2.45. The van der Waals surface area contributed by atoms with E-state index in [0.29, 0.717) is 11.1 Å². The molecule has 0 amide bonds. The van der Waals surface area contributed by atoms with Crippen LogP contribution in [0.3, 0.4) is 0 Å². The Bertz CT molecular complexity index is 1800. The van der Waals surface area contributed by atoms with E-state index in [1.54, 1.807) is 0 Å². The second-order valence-corrected chi connectivity index (χ2v) is 11.0. The van der Waals surface area contributed by atoms with Crippen molar-refractivity contribution in [1.29, 1.82) is 0 Å². The number of hydrogen-bond donors (Lipinski definition) is 0. The van der Waals surface area contributed by atoms with Gasteiger partial charge in [-0.2, -0.15) is 0 Å². The zero-order chi connectivity index (χ0) is 29.4. The van der Waals surface area contributed by atoms with Gasteiger partial charge in [-0.05, 0) is 68.8 Å². The van der Waals surface area contributed by atoms with E-state index in [0.717, 1.165) is 46.2 Å². The van der Waals surface area contributed by atoms with Crippen molar-refractivity contribution in [2.75, 3.05) is 11.9 Å². The minimum absolute atomic E-state index is 0.614. The molecule has 3 heteroatoms. The first-order chi connectivity index (χ1) is 21.1. The summed E-state index contributed by atoms with van der Waals surface area (Å²) in [6.07, 6.45) is 1.75. The maximum atomic E-state index is 11.3. The molecular formula is C40H29NO2. The lowest BCUT2D eigenvalue weighted by atomic mass is 9.62. The van der Waals surface area contributed by atoms with Gasteiger partial charge in [0.25, 0.3) is 0 Å². The van der Waals surface area contributed by atoms with Crippen molar-refractivity contribution in [2.45, 2.75) is 5.41 Å². The highest BCUT2D eigenvalue weighted by molar-refractivity contribution is 5.88. The van der Waals surface area contributed by atoms with Crippen LogP contribution in [0.2, 0.25) is 0 Å². The van der Waals surface area contributed by atoms with Gasteiger partial charge in [-0.25, -0.2) is 0 Å². The molecular weight excluding hydrogens is 526 g/mol. The van der Waals surface area contributed by atoms with Crippen molar-refractivity contribution >= 4 is 23.9 Å². The zero-order valence-electron chi connectivity index (χ0n) is 23.8. The van der Waals surface area contributed by atoms with Crippen LogP contribution in [-0.2, 0) is 5.41 Å². The number of carbonyl (C=O) groups excluding carboxylic acids is 2. The third-order valence-electron chi connectivity index (χ3n) is 8.70. The lowest BCUT2D eigenvalue weighted by molar-refractivity contribution is 0.111. The summed E-state index contributed by atoms with van der Waals surface area (Å²) in [5, 5.41) is 0. The van der Waals surface area contributed by atoms with Gasteiger partial charge in [0.05, 0.1) is 5.41 Å². The minimum Gasteiger partial charge on any atom is -0.344 e. The van der Waals surface area contributed by atoms with Gasteiger partial charge in [0, 0.05) is 29.5 Å². The Morgan fingerprint density at radius 3 is 1.21 bits per heavy atom. The van der Waals surface area contributed by atoms with Crippen molar-refractivity contribution in [3.05, 3.63) is 179 Å². The second-order valence-electron chi connectivity index (χ2n) is 11.0. The van der Waals surface area contributed by atoms with Crippen LogP contribution in [0, 0.1) is 0 Å². The molecule has 43 heavy (non-hydrogen) atoms. The third-order valence-corrected chi connectivity index (χ3v) is 8.70. The van der Waals surface area contributed by atoms with Crippen LogP contribution in [-0.4, -0.2) is 19.6 Å². The molecule has 0 fully saturated rings. The minimum atomic E-state index is -0.614. The number of hydrogen-bond acceptors (Lipinski definition) is 3. The summed E-state index contributed by atoms with van der Waals surface area (Å²) in [7, 11) is 2.13. The fourth-order valence-corrected chi connectivity index (χ4v) is 6.57. The van der Waals surface area contributed by atoms with Crippen LogP contribution in [0.4, 0.5) is 11.4 Å². The van der Waals surface area contributed by atoms with E-state index >= 15 is 0 Å². The Balaban J connectivity index is 1.56. The Kier molecular flexibility index (Phi) is 6.56. The molecule has 1 aliphatic rings. The molecule has 0 aliphatic carbocycles. The first-order valence-electron chi connectivity index (χ1n) is 14.4. The van der Waals surface area contributed by atoms with E-state index in [4.69, 9.17) is 0 Å². The Labute approximate surface area is 251 Å². The van der Waals surface area contributed by atoms with Gasteiger partial charge >= 0.3 is 0 Å². The first-order valence-corrected chi connectivity index (χ1v) is 14.4. The molecule has 0 atom stereocenters. The lowest BCUT2D eigenvalue weighted by Gasteiger charge is -2.46. The number of aldehydes is 2. The van der Waals surface area contributed by atoms with E-state index < -0.39 is 5.41 Å². The monoisotopic (exact) mass is 555 g/mol. The van der Waals surface area contributed by atoms with Crippen molar-refractivity contribution in [3.63, 3.8) is 0 Å². The van der Waals surface area contributed by atoms with Crippen molar-refractivity contribution in [2.24, 2.45) is 0 Å². The number of fused-ring (bicyclic) bond motifs is 2. The van der Waals surface area contributed by atoms with E-state index in [1.165, 1.54) is 22.3 Å². The molecule has 0 radical (unpaired) electrons. The number of nitrogens with zero attached hydrogens (tertiary/aromatic N) is 1. The molecule has 1 heterocycles. The maximum Gasteiger partial charge on any atom is 0.150 e. The number of rotatable bonds is 6. The third kappa shape index (κ3) is 4.29. The van der Waals surface area contributed by atoms with Gasteiger partial charge in [0.2, 0.25) is 0 Å². The zero-order valence-corrected chi connectivity index (χ0v) is 23.8. The van der Waals surface area contributed by atoms with Gasteiger partial charge < -0.3 is 4.90 Å². The van der Waals surface area contributed by atoms with E-state index in [2.05, 4.69) is 109 Å².